The number of hydrogen-bond donors (Lipinski definition) is 0. The summed E-state index contributed by atoms with van der Waals surface area (Å²) < 4.78 is 4.54. The van der Waals surface area contributed by atoms with E-state index in [1.807, 2.05) is 0 Å². The van der Waals surface area contributed by atoms with Crippen LogP contribution in [0.15, 0.2) is 0 Å². The fourth-order valence-corrected chi connectivity index (χ4v) is 1.02. The van der Waals surface area contributed by atoms with Crippen molar-refractivity contribution in [2.45, 2.75) is 20.0 Å². The number of ether oxygens (including phenoxy) is 1. The van der Waals surface area contributed by atoms with E-state index in [1.54, 1.807) is 0 Å². The van der Waals surface area contributed by atoms with Gasteiger partial charge in [0.1, 0.15) is 0 Å². The average molecular weight is 156 g/mol. The number of hydrogen-bond acceptors (Lipinski definition) is 4. The first-order valence-electron chi connectivity index (χ1n) is 3.28. The molecule has 0 aromatic carbocycles. The molecule has 1 saturated heterocycles. The van der Waals surface area contributed by atoms with E-state index in [4.69, 9.17) is 0 Å². The van der Waals surface area contributed by atoms with Crippen LogP contribution in [0.25, 0.3) is 0 Å². The van der Waals surface area contributed by atoms with Gasteiger partial charge in [0, 0.05) is 0 Å². The molecule has 1 fully saturated rings. The van der Waals surface area contributed by atoms with E-state index in [0.29, 0.717) is 0 Å². The zero-order chi connectivity index (χ0) is 8.59. The molecule has 0 aliphatic carbocycles. The molecule has 2 atom stereocenters. The van der Waals surface area contributed by atoms with Crippen molar-refractivity contribution in [2.24, 2.45) is 5.92 Å². The second-order valence-corrected chi connectivity index (χ2v) is 2.53. The number of carbonyl (C=O) groups excluding carboxylic acids is 3. The van der Waals surface area contributed by atoms with Crippen LogP contribution >= 0.6 is 0 Å². The summed E-state index contributed by atoms with van der Waals surface area (Å²) in [7, 11) is 0. The summed E-state index contributed by atoms with van der Waals surface area (Å²) in [5.74, 6) is -2.74. The Balaban J connectivity index is 2.88. The highest BCUT2D eigenvalue weighted by molar-refractivity contribution is 6.21. The van der Waals surface area contributed by atoms with Gasteiger partial charge in [-0.2, -0.15) is 0 Å². The monoisotopic (exact) mass is 156 g/mol. The quantitative estimate of drug-likeness (QED) is 0.386. The van der Waals surface area contributed by atoms with Gasteiger partial charge in [0.25, 0.3) is 0 Å². The lowest BCUT2D eigenvalue weighted by Gasteiger charge is -1.95. The van der Waals surface area contributed by atoms with Crippen LogP contribution < -0.4 is 0 Å². The molecule has 0 aromatic rings. The molecule has 0 saturated carbocycles. The highest BCUT2D eigenvalue weighted by Crippen LogP contribution is 2.17. The number of esters is 1. The Labute approximate surface area is 63.5 Å². The molecule has 1 unspecified atom stereocenters. The first-order chi connectivity index (χ1) is 5.04. The van der Waals surface area contributed by atoms with Gasteiger partial charge in [-0.1, -0.05) is 0 Å². The summed E-state index contributed by atoms with van der Waals surface area (Å²) in [6.45, 7) is 2.67. The van der Waals surface area contributed by atoms with Gasteiger partial charge in [0.15, 0.2) is 23.6 Å². The minimum atomic E-state index is -1.16. The van der Waals surface area contributed by atoms with Gasteiger partial charge >= 0.3 is 5.97 Å². The predicted molar refractivity (Wildman–Crippen MR) is 34.7 cm³/mol. The summed E-state index contributed by atoms with van der Waals surface area (Å²) in [5, 5.41) is 0. The van der Waals surface area contributed by atoms with Gasteiger partial charge in [0.2, 0.25) is 0 Å². The summed E-state index contributed by atoms with van der Waals surface area (Å²) >= 11 is 0. The lowest BCUT2D eigenvalue weighted by Crippen LogP contribution is -2.24. The Morgan fingerprint density at radius 2 is 2.00 bits per heavy atom. The predicted octanol–water partition coefficient (Wildman–Crippen LogP) is -0.294. The highest BCUT2D eigenvalue weighted by Gasteiger charge is 2.43. The van der Waals surface area contributed by atoms with E-state index >= 15 is 0 Å². The zero-order valence-electron chi connectivity index (χ0n) is 6.29. The number of cyclic esters (lactones) is 1. The molecule has 0 amide bonds. The molecular weight excluding hydrogens is 148 g/mol. The van der Waals surface area contributed by atoms with E-state index in [1.165, 1.54) is 13.8 Å². The Hall–Kier alpha value is -1.19. The Kier molecular flexibility index (Phi) is 1.76. The minimum Gasteiger partial charge on any atom is -0.454 e. The number of Topliss-reactive ketones (excluding diaryl/α,β-unsaturated/α-hetero) is 2. The normalized spacial score (nSPS) is 30.4. The molecule has 1 aliphatic rings. The van der Waals surface area contributed by atoms with E-state index in [0.717, 1.165) is 0 Å². The molecule has 0 radical (unpaired) electrons. The van der Waals surface area contributed by atoms with Crippen LogP contribution in [0.3, 0.4) is 0 Å². The molecule has 60 valence electrons. The average Bonchev–Trinajstić information content (AvgIpc) is 2.07. The number of ketones is 2. The van der Waals surface area contributed by atoms with Crippen molar-refractivity contribution in [1.29, 1.82) is 0 Å². The summed E-state index contributed by atoms with van der Waals surface area (Å²) in [6.07, 6.45) is -0.753. The molecule has 1 aliphatic heterocycles. The zero-order valence-corrected chi connectivity index (χ0v) is 6.29. The first-order valence-corrected chi connectivity index (χ1v) is 3.28. The third-order valence-electron chi connectivity index (χ3n) is 1.62. The second-order valence-electron chi connectivity index (χ2n) is 2.53. The van der Waals surface area contributed by atoms with E-state index in [9.17, 15) is 14.4 Å². The van der Waals surface area contributed by atoms with Crippen LogP contribution in [0.1, 0.15) is 13.8 Å². The third kappa shape index (κ3) is 1.15. The fourth-order valence-electron chi connectivity index (χ4n) is 1.02. The van der Waals surface area contributed by atoms with Crippen molar-refractivity contribution in [1.82, 2.24) is 0 Å². The maximum Gasteiger partial charge on any atom is 0.324 e. The number of carbonyl (C=O) groups is 3. The van der Waals surface area contributed by atoms with Crippen molar-refractivity contribution in [3.63, 3.8) is 0 Å². The lowest BCUT2D eigenvalue weighted by molar-refractivity contribution is -0.146. The van der Waals surface area contributed by atoms with E-state index < -0.39 is 29.6 Å². The van der Waals surface area contributed by atoms with Crippen LogP contribution in [0.4, 0.5) is 0 Å². The van der Waals surface area contributed by atoms with Gasteiger partial charge < -0.3 is 4.74 Å². The maximum absolute atomic E-state index is 11.0. The molecular formula is C7H8O4. The molecule has 0 bridgehead atoms. The van der Waals surface area contributed by atoms with Crippen LogP contribution in [-0.2, 0) is 19.1 Å². The first kappa shape index (κ1) is 7.91. The Morgan fingerprint density at radius 3 is 2.18 bits per heavy atom. The molecule has 4 heteroatoms. The maximum atomic E-state index is 11.0. The molecule has 0 spiro atoms. The Morgan fingerprint density at radius 1 is 1.45 bits per heavy atom. The van der Waals surface area contributed by atoms with Gasteiger partial charge in [-0.05, 0) is 13.8 Å². The van der Waals surface area contributed by atoms with Crippen molar-refractivity contribution in [3.05, 3.63) is 0 Å². The fraction of sp³-hybridized carbons (Fsp3) is 0.571. The van der Waals surface area contributed by atoms with Crippen molar-refractivity contribution in [2.75, 3.05) is 0 Å². The van der Waals surface area contributed by atoms with Gasteiger partial charge in [-0.25, -0.2) is 0 Å². The summed E-state index contributed by atoms with van der Waals surface area (Å²) in [5.41, 5.74) is 0. The van der Waals surface area contributed by atoms with Crippen LogP contribution in [0.2, 0.25) is 0 Å². The molecule has 0 aromatic heterocycles. The van der Waals surface area contributed by atoms with Crippen LogP contribution in [0, 0.1) is 5.92 Å². The molecule has 0 N–H and O–H groups in total. The largest absolute Gasteiger partial charge is 0.454 e. The summed E-state index contributed by atoms with van der Waals surface area (Å²) in [6, 6.07) is 0. The van der Waals surface area contributed by atoms with Gasteiger partial charge in [-0.15, -0.1) is 0 Å². The van der Waals surface area contributed by atoms with Crippen LogP contribution in [-0.4, -0.2) is 23.6 Å². The standard InChI is InChI=1S/C7H8O4/c1-3(8)5-6(9)4(2)11-7(5)10/h4-5H,1-2H3/t4?,5-/m1/s1. The summed E-state index contributed by atoms with van der Waals surface area (Å²) in [4.78, 5) is 32.5. The molecule has 11 heavy (non-hydrogen) atoms. The van der Waals surface area contributed by atoms with Gasteiger partial charge in [-0.3, -0.25) is 14.4 Å². The highest BCUT2D eigenvalue weighted by atomic mass is 16.6. The topological polar surface area (TPSA) is 60.4 Å². The Bertz CT molecular complexity index is 231. The molecule has 1 heterocycles. The smallest absolute Gasteiger partial charge is 0.324 e. The SMILES string of the molecule is CC(=O)[C@H]1C(=O)OC(C)C1=O. The van der Waals surface area contributed by atoms with Gasteiger partial charge in [0.05, 0.1) is 0 Å². The van der Waals surface area contributed by atoms with Crippen molar-refractivity contribution < 1.29 is 19.1 Å². The second kappa shape index (κ2) is 2.45. The minimum absolute atomic E-state index is 0.428. The van der Waals surface area contributed by atoms with Crippen molar-refractivity contribution >= 4 is 17.5 Å². The van der Waals surface area contributed by atoms with E-state index in [2.05, 4.69) is 4.74 Å². The molecule has 4 nitrogen and oxygen atoms in total. The third-order valence-corrected chi connectivity index (χ3v) is 1.62. The van der Waals surface area contributed by atoms with E-state index in [-0.39, 0.29) is 0 Å². The number of rotatable bonds is 1. The van der Waals surface area contributed by atoms with Crippen LogP contribution in [0.5, 0.6) is 0 Å². The molecule has 1 rings (SSSR count). The lowest BCUT2D eigenvalue weighted by atomic mass is 10.0. The van der Waals surface area contributed by atoms with Crippen molar-refractivity contribution in [3.8, 4) is 0 Å².